The van der Waals surface area contributed by atoms with E-state index in [0.717, 1.165) is 18.8 Å². The summed E-state index contributed by atoms with van der Waals surface area (Å²) in [6.07, 6.45) is 18.8. The van der Waals surface area contributed by atoms with Gasteiger partial charge >= 0.3 is 0 Å². The minimum atomic E-state index is -1.96. The predicted molar refractivity (Wildman–Crippen MR) is 199 cm³/mol. The highest BCUT2D eigenvalue weighted by Gasteiger charge is 2.50. The molecule has 0 spiro atoms. The van der Waals surface area contributed by atoms with Crippen LogP contribution in [0.3, 0.4) is 0 Å². The summed E-state index contributed by atoms with van der Waals surface area (Å²) in [5.41, 5.74) is 4.64. The van der Waals surface area contributed by atoms with Crippen LogP contribution in [0.5, 0.6) is 0 Å². The molecule has 0 heterocycles. The second-order valence-corrected chi connectivity index (χ2v) is 28.2. The molecule has 0 aromatic rings. The lowest BCUT2D eigenvalue weighted by molar-refractivity contribution is 0.0969. The third kappa shape index (κ3) is 8.42. The highest BCUT2D eigenvalue weighted by molar-refractivity contribution is 6.74. The van der Waals surface area contributed by atoms with Crippen LogP contribution in [0.1, 0.15) is 121 Å². The van der Waals surface area contributed by atoms with Crippen LogP contribution in [-0.2, 0) is 8.85 Å². The molecule has 3 aliphatic carbocycles. The Morgan fingerprint density at radius 3 is 2.02 bits per heavy atom. The summed E-state index contributed by atoms with van der Waals surface area (Å²) >= 11 is 0. The van der Waals surface area contributed by atoms with Gasteiger partial charge in [-0.15, -0.1) is 0 Å². The van der Waals surface area contributed by atoms with Crippen LogP contribution in [0.2, 0.25) is 36.3 Å². The van der Waals surface area contributed by atoms with Crippen molar-refractivity contribution in [3.8, 4) is 0 Å². The van der Waals surface area contributed by atoms with E-state index in [1.165, 1.54) is 43.3 Å². The molecule has 3 rings (SSSR count). The van der Waals surface area contributed by atoms with Gasteiger partial charge in [0.15, 0.2) is 16.6 Å². The number of hydrogen-bond acceptors (Lipinski definition) is 2. The molecule has 0 radical (unpaired) electrons. The largest absolute Gasteiger partial charge is 0.413 e. The van der Waals surface area contributed by atoms with E-state index in [1.807, 2.05) is 0 Å². The molecule has 7 unspecified atom stereocenters. The molecule has 3 fully saturated rings. The van der Waals surface area contributed by atoms with Gasteiger partial charge in [-0.3, -0.25) is 0 Å². The Bertz CT molecular complexity index is 1100. The molecule has 0 N–H and O–H groups in total. The number of hydrogen-bond donors (Lipinski definition) is 0. The monoisotopic (exact) mass is 641 g/mol. The van der Waals surface area contributed by atoms with Crippen molar-refractivity contribution in [2.45, 2.75) is 170 Å². The maximum absolute atomic E-state index is 7.09. The molecular weight excluding hydrogens is 569 g/mol. The molecule has 0 aromatic heterocycles. The van der Waals surface area contributed by atoms with Gasteiger partial charge in [0.1, 0.15) is 0 Å². The molecule has 0 saturated heterocycles. The lowest BCUT2D eigenvalue weighted by atomic mass is 9.61. The first-order chi connectivity index (χ1) is 20.0. The summed E-state index contributed by atoms with van der Waals surface area (Å²) in [4.78, 5) is 0. The first-order valence-corrected chi connectivity index (χ1v) is 23.9. The fourth-order valence-corrected chi connectivity index (χ4v) is 10.3. The van der Waals surface area contributed by atoms with Crippen LogP contribution in [-0.4, -0.2) is 28.8 Å². The van der Waals surface area contributed by atoms with Crippen LogP contribution in [0, 0.1) is 35.0 Å². The first kappa shape index (κ1) is 37.8. The maximum atomic E-state index is 7.09. The van der Waals surface area contributed by atoms with E-state index in [4.69, 9.17) is 15.4 Å². The Labute approximate surface area is 276 Å². The van der Waals surface area contributed by atoms with Crippen molar-refractivity contribution in [2.24, 2.45) is 35.0 Å². The Kier molecular flexibility index (Phi) is 11.9. The average Bonchev–Trinajstić information content (AvgIpc) is 3.23. The summed E-state index contributed by atoms with van der Waals surface area (Å²) in [5, 5.41) is 0.352. The van der Waals surface area contributed by atoms with Crippen LogP contribution in [0.15, 0.2) is 47.6 Å². The van der Waals surface area contributed by atoms with Gasteiger partial charge < -0.3 is 8.85 Å². The van der Waals surface area contributed by atoms with E-state index >= 15 is 0 Å². The molecule has 0 aliphatic heterocycles. The van der Waals surface area contributed by atoms with Crippen LogP contribution in [0.4, 0.5) is 0 Å². The van der Waals surface area contributed by atoms with Gasteiger partial charge in [0.2, 0.25) is 0 Å². The SMILES string of the molecule is C=C1C(=CC=C2CCCC3(C)C2CCC3C(C)C=CC(C)C(C)C)CC(O[Si](C)(C)C(C)(C)C)CC1O[Si](C)(C)C(C)(C)C. The smallest absolute Gasteiger partial charge is 0.192 e. The van der Waals surface area contributed by atoms with Crippen molar-refractivity contribution in [3.63, 3.8) is 0 Å². The molecule has 44 heavy (non-hydrogen) atoms. The van der Waals surface area contributed by atoms with Gasteiger partial charge in [0.25, 0.3) is 0 Å². The maximum Gasteiger partial charge on any atom is 0.192 e. The van der Waals surface area contributed by atoms with Crippen LogP contribution in [0.25, 0.3) is 0 Å². The van der Waals surface area contributed by atoms with Gasteiger partial charge in [0.05, 0.1) is 12.2 Å². The molecule has 7 atom stereocenters. The number of rotatable bonds is 9. The Balaban J connectivity index is 1.90. The van der Waals surface area contributed by atoms with Crippen molar-refractivity contribution in [3.05, 3.63) is 47.6 Å². The predicted octanol–water partition coefficient (Wildman–Crippen LogP) is 12.7. The summed E-state index contributed by atoms with van der Waals surface area (Å²) in [6.45, 7) is 40.5. The van der Waals surface area contributed by atoms with Gasteiger partial charge in [-0.25, -0.2) is 0 Å². The first-order valence-electron chi connectivity index (χ1n) is 18.1. The topological polar surface area (TPSA) is 18.5 Å². The van der Waals surface area contributed by atoms with E-state index in [9.17, 15) is 0 Å². The van der Waals surface area contributed by atoms with Crippen molar-refractivity contribution < 1.29 is 8.85 Å². The Hall–Kier alpha value is -0.686. The quantitative estimate of drug-likeness (QED) is 0.184. The standard InChI is InChI=1S/C40H72O2Si2/c1-28(2)29(3)19-20-30(4)35-23-24-36-32(18-17-25-40(35,36)12)21-22-33-26-34(41-43(13,14)38(6,7)8)27-37(31(33)5)42-44(15,16)39(9,10)11/h19-22,28-30,34-37H,5,17-18,23-27H2,1-4,6-16H3. The zero-order chi connectivity index (χ0) is 33.5. The molecule has 0 bridgehead atoms. The van der Waals surface area contributed by atoms with E-state index in [2.05, 4.69) is 127 Å². The minimum Gasteiger partial charge on any atom is -0.413 e. The highest BCUT2D eigenvalue weighted by atomic mass is 28.4. The van der Waals surface area contributed by atoms with E-state index in [-0.39, 0.29) is 22.3 Å². The second kappa shape index (κ2) is 13.8. The fourth-order valence-electron chi connectivity index (χ4n) is 7.62. The summed E-state index contributed by atoms with van der Waals surface area (Å²) in [5.74, 6) is 3.47. The van der Waals surface area contributed by atoms with E-state index in [1.54, 1.807) is 5.57 Å². The molecule has 3 aliphatic rings. The summed E-state index contributed by atoms with van der Waals surface area (Å²) < 4.78 is 14.2. The molecule has 4 heteroatoms. The summed E-state index contributed by atoms with van der Waals surface area (Å²) in [6, 6.07) is 0. The van der Waals surface area contributed by atoms with Gasteiger partial charge in [-0.2, -0.15) is 0 Å². The highest BCUT2D eigenvalue weighted by Crippen LogP contribution is 2.59. The van der Waals surface area contributed by atoms with Gasteiger partial charge in [-0.05, 0) is 121 Å². The molecule has 2 nitrogen and oxygen atoms in total. The van der Waals surface area contributed by atoms with Gasteiger partial charge in [0, 0.05) is 6.42 Å². The van der Waals surface area contributed by atoms with Crippen molar-refractivity contribution >= 4 is 16.6 Å². The fraction of sp³-hybridized carbons (Fsp3) is 0.800. The van der Waals surface area contributed by atoms with Crippen LogP contribution < -0.4 is 0 Å². The van der Waals surface area contributed by atoms with Crippen molar-refractivity contribution in [2.75, 3.05) is 0 Å². The lowest BCUT2D eigenvalue weighted by Gasteiger charge is -2.45. The lowest BCUT2D eigenvalue weighted by Crippen LogP contribution is -2.49. The third-order valence-electron chi connectivity index (χ3n) is 13.2. The Morgan fingerprint density at radius 1 is 0.864 bits per heavy atom. The Morgan fingerprint density at radius 2 is 1.45 bits per heavy atom. The molecular formula is C40H72O2Si2. The van der Waals surface area contributed by atoms with E-state index in [0.29, 0.717) is 29.1 Å². The number of fused-ring (bicyclic) bond motifs is 1. The molecule has 3 saturated carbocycles. The zero-order valence-electron chi connectivity index (χ0n) is 31.8. The summed E-state index contributed by atoms with van der Waals surface area (Å²) in [7, 11) is -3.88. The molecule has 0 amide bonds. The minimum absolute atomic E-state index is 0.0393. The molecule has 0 aromatic carbocycles. The van der Waals surface area contributed by atoms with Crippen molar-refractivity contribution in [1.82, 2.24) is 0 Å². The van der Waals surface area contributed by atoms with Crippen LogP contribution >= 0.6 is 0 Å². The second-order valence-electron chi connectivity index (χ2n) is 18.7. The average molecular weight is 641 g/mol. The van der Waals surface area contributed by atoms with Gasteiger partial charge in [-0.1, -0.05) is 113 Å². The third-order valence-corrected chi connectivity index (χ3v) is 22.2. The zero-order valence-corrected chi connectivity index (χ0v) is 33.8. The molecule has 252 valence electrons. The normalized spacial score (nSPS) is 32.6. The van der Waals surface area contributed by atoms with E-state index < -0.39 is 16.6 Å². The van der Waals surface area contributed by atoms with Crippen molar-refractivity contribution in [1.29, 1.82) is 0 Å². The number of allylic oxidation sites excluding steroid dienone is 5.